The number of aromatic nitrogens is 3. The maximum atomic E-state index is 12.4. The van der Waals surface area contributed by atoms with E-state index >= 15 is 0 Å². The average molecular weight is 455 g/mol. The average Bonchev–Trinajstić information content (AvgIpc) is 3.33. The van der Waals surface area contributed by atoms with Crippen LogP contribution >= 0.6 is 11.6 Å². The Labute approximate surface area is 181 Å². The number of nitrogens with one attached hydrogen (secondary N) is 3. The van der Waals surface area contributed by atoms with Gasteiger partial charge in [-0.2, -0.15) is 18.3 Å². The van der Waals surface area contributed by atoms with Crippen molar-refractivity contribution in [3.63, 3.8) is 0 Å². The summed E-state index contributed by atoms with van der Waals surface area (Å²) in [5.74, 6) is 0. The van der Waals surface area contributed by atoms with E-state index in [-0.39, 0.29) is 12.6 Å². The van der Waals surface area contributed by atoms with Gasteiger partial charge in [-0.05, 0) is 31.0 Å². The summed E-state index contributed by atoms with van der Waals surface area (Å²) >= 11 is 6.03. The summed E-state index contributed by atoms with van der Waals surface area (Å²) in [5.41, 5.74) is 2.00. The van der Waals surface area contributed by atoms with Crippen LogP contribution in [0.25, 0.3) is 10.9 Å². The van der Waals surface area contributed by atoms with Crippen LogP contribution in [0.1, 0.15) is 25.3 Å². The third-order valence-electron chi connectivity index (χ3n) is 5.39. The molecule has 3 heterocycles. The first-order chi connectivity index (χ1) is 14.8. The lowest BCUT2D eigenvalue weighted by Gasteiger charge is -2.32. The second kappa shape index (κ2) is 8.80. The van der Waals surface area contributed by atoms with Crippen molar-refractivity contribution in [1.29, 1.82) is 0 Å². The molecule has 4 rings (SSSR count). The number of urea groups is 1. The maximum absolute atomic E-state index is 12.4. The topological polar surface area (TPSA) is 78.0 Å². The van der Waals surface area contributed by atoms with Crippen LogP contribution in [0.3, 0.4) is 0 Å². The molecule has 0 saturated carbocycles. The highest BCUT2D eigenvalue weighted by Gasteiger charge is 2.29. The monoisotopic (exact) mass is 454 g/mol. The fourth-order valence-electron chi connectivity index (χ4n) is 3.78. The number of anilines is 2. The standard InChI is InChI=1S/C20H22ClF3N6O/c21-13-1-2-17-16(9-13)18(11-25-17)28-19(31)27-14-10-26-30(12-14)15-3-6-29(7-4-15)8-5-20(22,23)24/h1-2,9-12,15,25H,3-8H2,(H2,27,28,31). The number of benzene rings is 1. The summed E-state index contributed by atoms with van der Waals surface area (Å²) < 4.78 is 38.9. The number of hydrogen-bond acceptors (Lipinski definition) is 3. The van der Waals surface area contributed by atoms with Crippen LogP contribution in [0.5, 0.6) is 0 Å². The number of fused-ring (bicyclic) bond motifs is 1. The zero-order chi connectivity index (χ0) is 22.0. The Balaban J connectivity index is 1.30. The molecule has 0 bridgehead atoms. The van der Waals surface area contributed by atoms with Crippen LogP contribution < -0.4 is 10.6 Å². The molecule has 31 heavy (non-hydrogen) atoms. The van der Waals surface area contributed by atoms with Crippen LogP contribution in [0.2, 0.25) is 5.02 Å². The normalized spacial score (nSPS) is 16.0. The molecule has 1 aliphatic rings. The van der Waals surface area contributed by atoms with Crippen LogP contribution in [-0.4, -0.2) is 51.5 Å². The number of nitrogens with zero attached hydrogens (tertiary/aromatic N) is 3. The molecule has 0 radical (unpaired) electrons. The number of piperidine rings is 1. The maximum Gasteiger partial charge on any atom is 0.390 e. The number of alkyl halides is 3. The number of H-pyrrole nitrogens is 1. The molecule has 2 amide bonds. The fraction of sp³-hybridized carbons (Fsp3) is 0.400. The van der Waals surface area contributed by atoms with Gasteiger partial charge in [0.05, 0.1) is 30.0 Å². The molecule has 7 nitrogen and oxygen atoms in total. The number of likely N-dealkylation sites (tertiary alicyclic amines) is 1. The number of hydrogen-bond donors (Lipinski definition) is 3. The van der Waals surface area contributed by atoms with Crippen LogP contribution in [0, 0.1) is 0 Å². The van der Waals surface area contributed by atoms with Crippen molar-refractivity contribution in [2.75, 3.05) is 30.3 Å². The Bertz CT molecular complexity index is 1050. The predicted molar refractivity (Wildman–Crippen MR) is 114 cm³/mol. The summed E-state index contributed by atoms with van der Waals surface area (Å²) in [6.45, 7) is 1.21. The number of carbonyl (C=O) groups is 1. The molecular formula is C20H22ClF3N6O. The van der Waals surface area contributed by atoms with Gasteiger partial charge < -0.3 is 20.5 Å². The molecule has 3 N–H and O–H groups in total. The largest absolute Gasteiger partial charge is 0.390 e. The van der Waals surface area contributed by atoms with E-state index < -0.39 is 18.6 Å². The van der Waals surface area contributed by atoms with Gasteiger partial charge in [0.25, 0.3) is 0 Å². The number of amides is 2. The summed E-state index contributed by atoms with van der Waals surface area (Å²) in [6.07, 6.45) is 1.49. The number of aromatic amines is 1. The number of rotatable bonds is 5. The second-order valence-corrected chi connectivity index (χ2v) is 8.05. The molecule has 0 aliphatic carbocycles. The van der Waals surface area contributed by atoms with E-state index in [1.54, 1.807) is 35.4 Å². The Kier molecular flexibility index (Phi) is 6.10. The van der Waals surface area contributed by atoms with Gasteiger partial charge in [0.2, 0.25) is 0 Å². The minimum atomic E-state index is -4.13. The molecule has 3 aromatic rings. The molecule has 0 atom stereocenters. The minimum absolute atomic E-state index is 0.0291. The van der Waals surface area contributed by atoms with E-state index in [0.29, 0.717) is 42.3 Å². The zero-order valence-electron chi connectivity index (χ0n) is 16.5. The van der Waals surface area contributed by atoms with Gasteiger partial charge in [0, 0.05) is 48.0 Å². The Morgan fingerprint density at radius 3 is 2.77 bits per heavy atom. The van der Waals surface area contributed by atoms with Crippen molar-refractivity contribution < 1.29 is 18.0 Å². The van der Waals surface area contributed by atoms with Gasteiger partial charge in [0.15, 0.2) is 0 Å². The fourth-order valence-corrected chi connectivity index (χ4v) is 3.95. The van der Waals surface area contributed by atoms with E-state index in [1.165, 1.54) is 0 Å². The summed E-state index contributed by atoms with van der Waals surface area (Å²) in [7, 11) is 0. The van der Waals surface area contributed by atoms with Crippen LogP contribution in [0.15, 0.2) is 36.8 Å². The first-order valence-corrected chi connectivity index (χ1v) is 10.3. The highest BCUT2D eigenvalue weighted by atomic mass is 35.5. The molecule has 1 saturated heterocycles. The molecule has 2 aromatic heterocycles. The van der Waals surface area contributed by atoms with Crippen molar-refractivity contribution in [2.45, 2.75) is 31.5 Å². The molecule has 0 unspecified atom stereocenters. The molecule has 1 aromatic carbocycles. The summed E-state index contributed by atoms with van der Waals surface area (Å²) in [6, 6.07) is 5.04. The van der Waals surface area contributed by atoms with Crippen molar-refractivity contribution >= 4 is 39.9 Å². The van der Waals surface area contributed by atoms with Gasteiger partial charge in [-0.1, -0.05) is 11.6 Å². The van der Waals surface area contributed by atoms with E-state index in [2.05, 4.69) is 20.7 Å². The number of carbonyl (C=O) groups excluding carboxylic acids is 1. The van der Waals surface area contributed by atoms with Gasteiger partial charge in [-0.15, -0.1) is 0 Å². The third-order valence-corrected chi connectivity index (χ3v) is 5.63. The first kappa shape index (κ1) is 21.5. The quantitative estimate of drug-likeness (QED) is 0.492. The van der Waals surface area contributed by atoms with E-state index in [4.69, 9.17) is 11.6 Å². The van der Waals surface area contributed by atoms with Crippen molar-refractivity contribution in [3.05, 3.63) is 41.8 Å². The van der Waals surface area contributed by atoms with E-state index in [9.17, 15) is 18.0 Å². The minimum Gasteiger partial charge on any atom is -0.359 e. The molecule has 1 aliphatic heterocycles. The van der Waals surface area contributed by atoms with E-state index in [0.717, 1.165) is 10.9 Å². The molecule has 1 fully saturated rings. The van der Waals surface area contributed by atoms with Crippen molar-refractivity contribution in [1.82, 2.24) is 19.7 Å². The molecule has 166 valence electrons. The van der Waals surface area contributed by atoms with Gasteiger partial charge >= 0.3 is 12.2 Å². The Morgan fingerprint density at radius 1 is 1.26 bits per heavy atom. The smallest absolute Gasteiger partial charge is 0.359 e. The lowest BCUT2D eigenvalue weighted by molar-refractivity contribution is -0.138. The van der Waals surface area contributed by atoms with Gasteiger partial charge in [-0.25, -0.2) is 4.79 Å². The highest BCUT2D eigenvalue weighted by Crippen LogP contribution is 2.27. The second-order valence-electron chi connectivity index (χ2n) is 7.62. The third kappa shape index (κ3) is 5.50. The molecule has 0 spiro atoms. The Hall–Kier alpha value is -2.72. The van der Waals surface area contributed by atoms with Gasteiger partial charge in [-0.3, -0.25) is 4.68 Å². The van der Waals surface area contributed by atoms with E-state index in [1.807, 2.05) is 11.0 Å². The predicted octanol–water partition coefficient (Wildman–Crippen LogP) is 5.25. The lowest BCUT2D eigenvalue weighted by Crippen LogP contribution is -2.36. The first-order valence-electron chi connectivity index (χ1n) is 9.95. The van der Waals surface area contributed by atoms with Crippen molar-refractivity contribution in [3.8, 4) is 0 Å². The van der Waals surface area contributed by atoms with Gasteiger partial charge in [0.1, 0.15) is 0 Å². The summed E-state index contributed by atoms with van der Waals surface area (Å²) in [5, 5.41) is 11.2. The lowest BCUT2D eigenvalue weighted by atomic mass is 10.1. The molecule has 11 heteroatoms. The highest BCUT2D eigenvalue weighted by molar-refractivity contribution is 6.31. The SMILES string of the molecule is O=C(Nc1cnn(C2CCN(CCC(F)(F)F)CC2)c1)Nc1c[nH]c2ccc(Cl)cc12. The molecular weight excluding hydrogens is 433 g/mol. The zero-order valence-corrected chi connectivity index (χ0v) is 17.3. The van der Waals surface area contributed by atoms with Crippen LogP contribution in [0.4, 0.5) is 29.3 Å². The van der Waals surface area contributed by atoms with Crippen molar-refractivity contribution in [2.24, 2.45) is 0 Å². The number of halogens is 4. The summed E-state index contributed by atoms with van der Waals surface area (Å²) in [4.78, 5) is 17.3. The van der Waals surface area contributed by atoms with Crippen LogP contribution in [-0.2, 0) is 0 Å². The Morgan fingerprint density at radius 2 is 2.03 bits per heavy atom.